The van der Waals surface area contributed by atoms with E-state index in [0.717, 1.165) is 6.42 Å². The first-order valence-corrected chi connectivity index (χ1v) is 18.1. The van der Waals surface area contributed by atoms with Crippen LogP contribution in [-0.4, -0.2) is 6.04 Å². The average Bonchev–Trinajstić information content (AvgIpc) is 3.59. The Balaban J connectivity index is 1.12. The number of fused-ring (bicyclic) bond motifs is 3. The second-order valence-corrected chi connectivity index (χ2v) is 13.9. The molecule has 0 aliphatic heterocycles. The molecule has 1 atom stereocenters. The summed E-state index contributed by atoms with van der Waals surface area (Å²) in [7, 11) is 0. The van der Waals surface area contributed by atoms with Gasteiger partial charge in [-0.15, -0.1) is 11.3 Å². The van der Waals surface area contributed by atoms with Crippen molar-refractivity contribution in [2.24, 2.45) is 0 Å². The van der Waals surface area contributed by atoms with Gasteiger partial charge < -0.3 is 4.90 Å². The quantitative estimate of drug-likeness (QED) is 0.165. The highest BCUT2D eigenvalue weighted by molar-refractivity contribution is 7.26. The van der Waals surface area contributed by atoms with Crippen molar-refractivity contribution in [1.29, 1.82) is 0 Å². The largest absolute Gasteiger partial charge is 0.334 e. The number of thiophene rings is 1. The van der Waals surface area contributed by atoms with Crippen LogP contribution in [0.3, 0.4) is 0 Å². The number of hydrogen-bond acceptors (Lipinski definition) is 2. The zero-order valence-electron chi connectivity index (χ0n) is 27.6. The molecular weight excluding hydrogens is 623 g/mol. The summed E-state index contributed by atoms with van der Waals surface area (Å²) >= 11 is 1.89. The monoisotopic (exact) mass is 657 g/mol. The normalized spacial score (nSPS) is 14.2. The number of nitrogens with zero attached hydrogens (tertiary/aromatic N) is 1. The summed E-state index contributed by atoms with van der Waals surface area (Å²) in [5, 5.41) is 2.66. The lowest BCUT2D eigenvalue weighted by Gasteiger charge is -2.34. The summed E-state index contributed by atoms with van der Waals surface area (Å²) in [5.74, 6) is 0. The highest BCUT2D eigenvalue weighted by Crippen LogP contribution is 2.45. The SMILES string of the molecule is C1=CC(N(c2ccc(-c3ccccc3)cc2)c2ccc(-c3ccc(-c4ccccc4)c4c3sc3ccccc34)cc2)CC(c2ccccc2)=C1. The van der Waals surface area contributed by atoms with Gasteiger partial charge in [-0.3, -0.25) is 0 Å². The van der Waals surface area contributed by atoms with Crippen LogP contribution in [0.2, 0.25) is 0 Å². The second-order valence-electron chi connectivity index (χ2n) is 12.9. The third-order valence-electron chi connectivity index (χ3n) is 9.86. The molecule has 1 heterocycles. The van der Waals surface area contributed by atoms with Crippen LogP contribution < -0.4 is 4.90 Å². The van der Waals surface area contributed by atoms with Crippen molar-refractivity contribution >= 4 is 48.5 Å². The maximum atomic E-state index is 2.50. The molecule has 1 aliphatic rings. The van der Waals surface area contributed by atoms with Crippen LogP contribution in [0.15, 0.2) is 194 Å². The molecule has 2 heteroatoms. The molecule has 0 saturated heterocycles. The Kier molecular flexibility index (Phi) is 7.93. The molecule has 0 radical (unpaired) electrons. The van der Waals surface area contributed by atoms with Gasteiger partial charge in [-0.1, -0.05) is 164 Å². The number of hydrogen-bond donors (Lipinski definition) is 0. The molecule has 1 aromatic heterocycles. The van der Waals surface area contributed by atoms with E-state index in [2.05, 4.69) is 199 Å². The van der Waals surface area contributed by atoms with E-state index in [-0.39, 0.29) is 6.04 Å². The molecule has 0 spiro atoms. The number of allylic oxidation sites excluding steroid dienone is 2. The maximum absolute atomic E-state index is 2.50. The molecule has 7 aromatic carbocycles. The Morgan fingerprint density at radius 2 is 0.980 bits per heavy atom. The summed E-state index contributed by atoms with van der Waals surface area (Å²) in [6.07, 6.45) is 7.75. The van der Waals surface area contributed by atoms with E-state index in [4.69, 9.17) is 0 Å². The molecule has 9 rings (SSSR count). The smallest absolute Gasteiger partial charge is 0.0565 e. The fourth-order valence-electron chi connectivity index (χ4n) is 7.40. The minimum Gasteiger partial charge on any atom is -0.334 e. The van der Waals surface area contributed by atoms with Gasteiger partial charge in [0.15, 0.2) is 0 Å². The fourth-order valence-corrected chi connectivity index (χ4v) is 8.66. The minimum absolute atomic E-state index is 0.170. The van der Waals surface area contributed by atoms with Gasteiger partial charge in [0.2, 0.25) is 0 Å². The molecule has 0 N–H and O–H groups in total. The summed E-state index contributed by atoms with van der Waals surface area (Å²) in [4.78, 5) is 2.50. The van der Waals surface area contributed by atoms with E-state index < -0.39 is 0 Å². The van der Waals surface area contributed by atoms with Crippen LogP contribution in [0.1, 0.15) is 12.0 Å². The Morgan fingerprint density at radius 3 is 1.66 bits per heavy atom. The van der Waals surface area contributed by atoms with Crippen molar-refractivity contribution < 1.29 is 0 Å². The third kappa shape index (κ3) is 5.64. The molecule has 1 nitrogen and oxygen atoms in total. The fraction of sp³-hybridized carbons (Fsp3) is 0.0417. The van der Waals surface area contributed by atoms with E-state index in [1.807, 2.05) is 11.3 Å². The first-order chi connectivity index (χ1) is 24.8. The van der Waals surface area contributed by atoms with E-state index in [9.17, 15) is 0 Å². The van der Waals surface area contributed by atoms with E-state index in [0.29, 0.717) is 0 Å². The van der Waals surface area contributed by atoms with Gasteiger partial charge in [-0.05, 0) is 81.3 Å². The van der Waals surface area contributed by atoms with Crippen molar-refractivity contribution in [3.63, 3.8) is 0 Å². The molecule has 8 aromatic rings. The Morgan fingerprint density at radius 1 is 0.460 bits per heavy atom. The van der Waals surface area contributed by atoms with Crippen LogP contribution in [0, 0.1) is 0 Å². The van der Waals surface area contributed by atoms with Gasteiger partial charge in [0.25, 0.3) is 0 Å². The molecule has 0 saturated carbocycles. The van der Waals surface area contributed by atoms with Crippen molar-refractivity contribution in [1.82, 2.24) is 0 Å². The topological polar surface area (TPSA) is 3.24 Å². The van der Waals surface area contributed by atoms with Gasteiger partial charge in [-0.25, -0.2) is 0 Å². The maximum Gasteiger partial charge on any atom is 0.0565 e. The van der Waals surface area contributed by atoms with Gasteiger partial charge in [0, 0.05) is 31.5 Å². The Hall–Kier alpha value is -5.96. The van der Waals surface area contributed by atoms with Crippen molar-refractivity contribution in [3.8, 4) is 33.4 Å². The van der Waals surface area contributed by atoms with Crippen LogP contribution >= 0.6 is 11.3 Å². The summed E-state index contributed by atoms with van der Waals surface area (Å²) in [6, 6.07) is 64.0. The molecule has 238 valence electrons. The van der Waals surface area contributed by atoms with E-state index >= 15 is 0 Å². The van der Waals surface area contributed by atoms with Crippen molar-refractivity contribution in [3.05, 3.63) is 200 Å². The lowest BCUT2D eigenvalue weighted by molar-refractivity contribution is 0.795. The number of rotatable bonds is 7. The Bertz CT molecular complexity index is 2470. The zero-order chi connectivity index (χ0) is 33.3. The van der Waals surface area contributed by atoms with Crippen LogP contribution in [-0.2, 0) is 0 Å². The highest BCUT2D eigenvalue weighted by Gasteiger charge is 2.23. The molecule has 1 aliphatic carbocycles. The standard InChI is InChI=1S/C48H35NS/c1-4-13-34(14-5-1)36-23-27-40(28-24-36)49(42-20-12-19-39(33-42)35-15-6-2-7-16-35)41-29-25-38(26-30-41)44-32-31-43(37-17-8-3-9-18-37)47-45-21-10-11-22-46(45)50-48(44)47/h1-32,42H,33H2. The van der Waals surface area contributed by atoms with Crippen LogP contribution in [0.4, 0.5) is 11.4 Å². The summed E-state index contributed by atoms with van der Waals surface area (Å²) < 4.78 is 2.65. The summed E-state index contributed by atoms with van der Waals surface area (Å²) in [6.45, 7) is 0. The van der Waals surface area contributed by atoms with Crippen LogP contribution in [0.25, 0.3) is 59.1 Å². The van der Waals surface area contributed by atoms with Gasteiger partial charge in [0.1, 0.15) is 0 Å². The molecule has 0 fully saturated rings. The molecule has 0 bridgehead atoms. The summed E-state index contributed by atoms with van der Waals surface area (Å²) in [5.41, 5.74) is 12.5. The lowest BCUT2D eigenvalue weighted by Crippen LogP contribution is -2.30. The number of anilines is 2. The van der Waals surface area contributed by atoms with Gasteiger partial charge in [-0.2, -0.15) is 0 Å². The predicted molar refractivity (Wildman–Crippen MR) is 216 cm³/mol. The van der Waals surface area contributed by atoms with Gasteiger partial charge in [0.05, 0.1) is 6.04 Å². The van der Waals surface area contributed by atoms with Crippen molar-refractivity contribution in [2.45, 2.75) is 12.5 Å². The van der Waals surface area contributed by atoms with Crippen molar-refractivity contribution in [2.75, 3.05) is 4.90 Å². The molecule has 0 amide bonds. The predicted octanol–water partition coefficient (Wildman–Crippen LogP) is 13.6. The average molecular weight is 658 g/mol. The highest BCUT2D eigenvalue weighted by atomic mass is 32.1. The molecule has 50 heavy (non-hydrogen) atoms. The van der Waals surface area contributed by atoms with E-state index in [1.54, 1.807) is 0 Å². The third-order valence-corrected chi connectivity index (χ3v) is 11.1. The zero-order valence-corrected chi connectivity index (χ0v) is 28.4. The van der Waals surface area contributed by atoms with Gasteiger partial charge >= 0.3 is 0 Å². The number of benzene rings is 7. The first kappa shape index (κ1) is 30.1. The van der Waals surface area contributed by atoms with Crippen LogP contribution in [0.5, 0.6) is 0 Å². The first-order valence-electron chi connectivity index (χ1n) is 17.3. The minimum atomic E-state index is 0.170. The Labute approximate surface area is 297 Å². The lowest BCUT2D eigenvalue weighted by atomic mass is 9.92. The second kappa shape index (κ2) is 13.2. The van der Waals surface area contributed by atoms with E-state index in [1.165, 1.54) is 76.1 Å². The molecular formula is C48H35NS. The molecule has 1 unspecified atom stereocenters.